The maximum absolute atomic E-state index is 12.0. The number of nitrogens with zero attached hydrogens (tertiary/aromatic N) is 3. The summed E-state index contributed by atoms with van der Waals surface area (Å²) in [4.78, 5) is 12.0. The number of carbonyl (C=O) groups excluding carboxylic acids is 1. The van der Waals surface area contributed by atoms with Crippen molar-refractivity contribution in [1.82, 2.24) is 14.8 Å². The molecule has 2 N–H and O–H groups in total. The largest absolute Gasteiger partial charge is 0.368 e. The van der Waals surface area contributed by atoms with Gasteiger partial charge in [0.25, 0.3) is 0 Å². The van der Waals surface area contributed by atoms with Gasteiger partial charge in [-0.25, -0.2) is 0 Å². The first kappa shape index (κ1) is 17.7. The molecule has 0 unspecified atom stereocenters. The van der Waals surface area contributed by atoms with Gasteiger partial charge in [0.1, 0.15) is 11.1 Å². The summed E-state index contributed by atoms with van der Waals surface area (Å²) in [5.74, 6) is 1.08. The molecular formula is C19H24N4OS. The average molecular weight is 356 g/mol. The van der Waals surface area contributed by atoms with Crippen LogP contribution in [-0.2, 0) is 11.3 Å². The Hall–Kier alpha value is -2.08. The number of benzene rings is 1. The monoisotopic (exact) mass is 356 g/mol. The number of primary amides is 1. The number of thioether (sulfide) groups is 1. The van der Waals surface area contributed by atoms with Crippen molar-refractivity contribution in [3.63, 3.8) is 0 Å². The van der Waals surface area contributed by atoms with Crippen molar-refractivity contribution >= 4 is 17.7 Å². The summed E-state index contributed by atoms with van der Waals surface area (Å²) < 4.78 is 2.09. The highest BCUT2D eigenvalue weighted by atomic mass is 32.2. The van der Waals surface area contributed by atoms with Crippen LogP contribution in [0.5, 0.6) is 0 Å². The molecule has 3 rings (SSSR count). The van der Waals surface area contributed by atoms with Crippen LogP contribution >= 0.6 is 11.8 Å². The maximum atomic E-state index is 12.0. The lowest BCUT2D eigenvalue weighted by atomic mass is 9.89. The van der Waals surface area contributed by atoms with Gasteiger partial charge in [0.05, 0.1) is 0 Å². The average Bonchev–Trinajstić information content (AvgIpc) is 3.04. The molecule has 1 heterocycles. The number of allylic oxidation sites excluding steroid dienone is 1. The lowest BCUT2D eigenvalue weighted by Gasteiger charge is -2.22. The first-order valence-corrected chi connectivity index (χ1v) is 9.63. The van der Waals surface area contributed by atoms with E-state index in [9.17, 15) is 4.79 Å². The van der Waals surface area contributed by atoms with Gasteiger partial charge in [-0.15, -0.1) is 16.8 Å². The molecule has 1 aliphatic rings. The highest BCUT2D eigenvalue weighted by molar-refractivity contribution is 8.00. The molecule has 5 nitrogen and oxygen atoms in total. The molecule has 25 heavy (non-hydrogen) atoms. The van der Waals surface area contributed by atoms with E-state index in [1.54, 1.807) is 0 Å². The number of carbonyl (C=O) groups is 1. The third-order valence-corrected chi connectivity index (χ3v) is 5.86. The van der Waals surface area contributed by atoms with E-state index in [4.69, 9.17) is 5.73 Å². The Labute approximate surface area is 152 Å². The number of aromatic nitrogens is 3. The van der Waals surface area contributed by atoms with Crippen LogP contribution in [-0.4, -0.2) is 20.7 Å². The summed E-state index contributed by atoms with van der Waals surface area (Å²) in [5.41, 5.74) is 6.53. The minimum Gasteiger partial charge on any atom is -0.368 e. The van der Waals surface area contributed by atoms with E-state index in [0.29, 0.717) is 12.5 Å². The third kappa shape index (κ3) is 4.12. The van der Waals surface area contributed by atoms with Crippen molar-refractivity contribution in [2.75, 3.05) is 0 Å². The molecule has 0 bridgehead atoms. The normalized spacial score (nSPS) is 16.5. The predicted octanol–water partition coefficient (Wildman–Crippen LogP) is 3.83. The zero-order valence-corrected chi connectivity index (χ0v) is 15.1. The number of rotatable bonds is 7. The van der Waals surface area contributed by atoms with E-state index in [1.165, 1.54) is 31.0 Å². The summed E-state index contributed by atoms with van der Waals surface area (Å²) in [7, 11) is 0. The molecule has 1 amide bonds. The van der Waals surface area contributed by atoms with Crippen molar-refractivity contribution in [3.8, 4) is 0 Å². The number of hydrogen-bond donors (Lipinski definition) is 1. The summed E-state index contributed by atoms with van der Waals surface area (Å²) in [6.07, 6.45) is 7.92. The van der Waals surface area contributed by atoms with Crippen LogP contribution < -0.4 is 5.73 Å². The molecule has 0 aliphatic heterocycles. The Kier molecular flexibility index (Phi) is 5.91. The first-order valence-electron chi connectivity index (χ1n) is 8.75. The SMILES string of the molecule is C=CCn1c(S[C@H](C(N)=O)c2ccccc2)nnc1C1CCCCC1. The van der Waals surface area contributed by atoms with E-state index >= 15 is 0 Å². The van der Waals surface area contributed by atoms with Crippen LogP contribution in [0.25, 0.3) is 0 Å². The lowest BCUT2D eigenvalue weighted by molar-refractivity contribution is -0.117. The van der Waals surface area contributed by atoms with Crippen molar-refractivity contribution in [2.45, 2.75) is 55.0 Å². The summed E-state index contributed by atoms with van der Waals surface area (Å²) in [5, 5.41) is 9.09. The van der Waals surface area contributed by atoms with Gasteiger partial charge in [-0.05, 0) is 18.4 Å². The van der Waals surface area contributed by atoms with E-state index in [2.05, 4.69) is 21.3 Å². The van der Waals surface area contributed by atoms with Gasteiger partial charge in [0.15, 0.2) is 5.16 Å². The molecule has 0 spiro atoms. The lowest BCUT2D eigenvalue weighted by Crippen LogP contribution is -2.19. The fourth-order valence-electron chi connectivity index (χ4n) is 3.37. The topological polar surface area (TPSA) is 73.8 Å². The zero-order chi connectivity index (χ0) is 17.6. The van der Waals surface area contributed by atoms with Crippen molar-refractivity contribution in [1.29, 1.82) is 0 Å². The Morgan fingerprint density at radius 3 is 2.64 bits per heavy atom. The summed E-state index contributed by atoms with van der Waals surface area (Å²) in [6, 6.07) is 9.58. The van der Waals surface area contributed by atoms with Gasteiger partial charge in [0, 0.05) is 12.5 Å². The predicted molar refractivity (Wildman–Crippen MR) is 100 cm³/mol. The second kappa shape index (κ2) is 8.34. The molecular weight excluding hydrogens is 332 g/mol. The van der Waals surface area contributed by atoms with Crippen LogP contribution in [0.2, 0.25) is 0 Å². The number of nitrogens with two attached hydrogens (primary N) is 1. The molecule has 1 fully saturated rings. The highest BCUT2D eigenvalue weighted by Crippen LogP contribution is 2.37. The summed E-state index contributed by atoms with van der Waals surface area (Å²) in [6.45, 7) is 4.50. The van der Waals surface area contributed by atoms with Gasteiger partial charge in [-0.3, -0.25) is 4.79 Å². The molecule has 2 aromatic rings. The van der Waals surface area contributed by atoms with E-state index in [1.807, 2.05) is 36.4 Å². The van der Waals surface area contributed by atoms with E-state index < -0.39 is 5.25 Å². The Morgan fingerprint density at radius 2 is 2.00 bits per heavy atom. The molecule has 1 atom stereocenters. The molecule has 6 heteroatoms. The number of amides is 1. The van der Waals surface area contributed by atoms with E-state index in [-0.39, 0.29) is 5.91 Å². The van der Waals surface area contributed by atoms with Crippen LogP contribution in [0.4, 0.5) is 0 Å². The second-order valence-corrected chi connectivity index (χ2v) is 7.46. The van der Waals surface area contributed by atoms with Crippen molar-refractivity contribution in [2.24, 2.45) is 5.73 Å². The minimum absolute atomic E-state index is 0.372. The third-order valence-electron chi connectivity index (χ3n) is 4.61. The highest BCUT2D eigenvalue weighted by Gasteiger charge is 2.26. The Bertz CT molecular complexity index is 722. The number of hydrogen-bond acceptors (Lipinski definition) is 4. The van der Waals surface area contributed by atoms with Gasteiger partial charge in [0.2, 0.25) is 5.91 Å². The zero-order valence-electron chi connectivity index (χ0n) is 14.3. The molecule has 0 radical (unpaired) electrons. The van der Waals surface area contributed by atoms with Crippen LogP contribution in [0.1, 0.15) is 54.7 Å². The van der Waals surface area contributed by atoms with Gasteiger partial charge in [-0.2, -0.15) is 0 Å². The molecule has 1 aromatic heterocycles. The summed E-state index contributed by atoms with van der Waals surface area (Å²) >= 11 is 1.37. The first-order chi connectivity index (χ1) is 12.2. The molecule has 132 valence electrons. The standard InChI is InChI=1S/C19H24N4OS/c1-2-13-23-18(15-11-7-4-8-12-15)21-22-19(23)25-16(17(20)24)14-9-5-3-6-10-14/h2-3,5-6,9-10,15-16H,1,4,7-8,11-13H2,(H2,20,24)/t16-/m0/s1. The maximum Gasteiger partial charge on any atom is 0.235 e. The van der Waals surface area contributed by atoms with Gasteiger partial charge < -0.3 is 10.3 Å². The van der Waals surface area contributed by atoms with Crippen molar-refractivity contribution < 1.29 is 4.79 Å². The Morgan fingerprint density at radius 1 is 1.28 bits per heavy atom. The fraction of sp³-hybridized carbons (Fsp3) is 0.421. The van der Waals surface area contributed by atoms with Crippen LogP contribution in [0, 0.1) is 0 Å². The van der Waals surface area contributed by atoms with Crippen LogP contribution in [0.15, 0.2) is 48.1 Å². The molecule has 1 aliphatic carbocycles. The molecule has 1 aromatic carbocycles. The molecule has 0 saturated heterocycles. The quantitative estimate of drug-likeness (QED) is 0.604. The Balaban J connectivity index is 1.89. The molecule has 1 saturated carbocycles. The van der Waals surface area contributed by atoms with E-state index in [0.717, 1.165) is 29.4 Å². The van der Waals surface area contributed by atoms with Crippen molar-refractivity contribution in [3.05, 3.63) is 54.4 Å². The smallest absolute Gasteiger partial charge is 0.235 e. The van der Waals surface area contributed by atoms with Crippen LogP contribution in [0.3, 0.4) is 0 Å². The second-order valence-electron chi connectivity index (χ2n) is 6.39. The van der Waals surface area contributed by atoms with Gasteiger partial charge >= 0.3 is 0 Å². The van der Waals surface area contributed by atoms with Gasteiger partial charge in [-0.1, -0.05) is 67.4 Å². The fourth-order valence-corrected chi connectivity index (χ4v) is 4.38. The minimum atomic E-state index is -0.479.